The van der Waals surface area contributed by atoms with E-state index >= 15 is 0 Å². The molecule has 9 heteroatoms. The lowest BCUT2D eigenvalue weighted by molar-refractivity contribution is -0.140. The summed E-state index contributed by atoms with van der Waals surface area (Å²) in [5, 5.41) is 0. The van der Waals surface area contributed by atoms with E-state index in [1.807, 2.05) is 0 Å². The normalized spacial score (nSPS) is 11.2. The Hall–Kier alpha value is -1.90. The van der Waals surface area contributed by atoms with Crippen molar-refractivity contribution in [3.05, 3.63) is 18.1 Å². The number of nitrogens with zero attached hydrogens (tertiary/aromatic N) is 3. The van der Waals surface area contributed by atoms with Gasteiger partial charge in [0.25, 0.3) is 5.91 Å². The van der Waals surface area contributed by atoms with E-state index in [9.17, 15) is 18.0 Å². The minimum Gasteiger partial charge on any atom is -0.328 e. The highest BCUT2D eigenvalue weighted by Gasteiger charge is 2.33. The molecule has 1 heterocycles. The second kappa shape index (κ2) is 5.63. The molecule has 0 radical (unpaired) electrons. The van der Waals surface area contributed by atoms with Gasteiger partial charge in [0.05, 0.1) is 12.4 Å². The number of amides is 1. The predicted molar refractivity (Wildman–Crippen MR) is 57.5 cm³/mol. The number of carbonyl (C=O) groups excluding carboxylic acids is 1. The molecule has 1 rings (SSSR count). The van der Waals surface area contributed by atoms with Crippen LogP contribution < -0.4 is 11.3 Å². The largest absolute Gasteiger partial charge is 0.406 e. The third-order valence-corrected chi connectivity index (χ3v) is 2.04. The Labute approximate surface area is 101 Å². The fourth-order valence-corrected chi connectivity index (χ4v) is 1.24. The first-order chi connectivity index (χ1) is 8.37. The first kappa shape index (κ1) is 14.2. The van der Waals surface area contributed by atoms with Gasteiger partial charge in [-0.15, -0.1) is 0 Å². The Morgan fingerprint density at radius 1 is 1.50 bits per heavy atom. The first-order valence-electron chi connectivity index (χ1n) is 5.02. The molecule has 0 bridgehead atoms. The summed E-state index contributed by atoms with van der Waals surface area (Å²) in [6, 6.07) is 0. The second-order valence-corrected chi connectivity index (χ2v) is 3.37. The molecule has 0 saturated carbocycles. The number of halogens is 3. The summed E-state index contributed by atoms with van der Waals surface area (Å²) in [6.45, 7) is 0.0344. The van der Waals surface area contributed by atoms with E-state index in [4.69, 9.17) is 5.84 Å². The topological polar surface area (TPSA) is 84.1 Å². The van der Waals surface area contributed by atoms with E-state index < -0.39 is 18.6 Å². The highest BCUT2D eigenvalue weighted by atomic mass is 19.4. The van der Waals surface area contributed by atoms with E-state index in [0.29, 0.717) is 4.90 Å². The molecule has 18 heavy (non-hydrogen) atoms. The van der Waals surface area contributed by atoms with Crippen LogP contribution in [0.2, 0.25) is 0 Å². The van der Waals surface area contributed by atoms with Crippen molar-refractivity contribution >= 4 is 11.7 Å². The molecule has 0 aliphatic rings. The second-order valence-electron chi connectivity index (χ2n) is 3.37. The fraction of sp³-hybridized carbons (Fsp3) is 0.444. The Balaban J connectivity index is 2.89. The summed E-state index contributed by atoms with van der Waals surface area (Å²) in [5.41, 5.74) is 1.96. The van der Waals surface area contributed by atoms with Gasteiger partial charge >= 0.3 is 6.18 Å². The van der Waals surface area contributed by atoms with Gasteiger partial charge in [0.1, 0.15) is 12.2 Å². The molecule has 6 nitrogen and oxygen atoms in total. The predicted octanol–water partition coefficient (Wildman–Crippen LogP) is 0.787. The number of alkyl halides is 3. The van der Waals surface area contributed by atoms with Crippen LogP contribution in [0, 0.1) is 0 Å². The van der Waals surface area contributed by atoms with E-state index in [1.54, 1.807) is 0 Å². The van der Waals surface area contributed by atoms with Crippen LogP contribution in [0.3, 0.4) is 0 Å². The molecule has 0 spiro atoms. The van der Waals surface area contributed by atoms with Crippen LogP contribution in [0.5, 0.6) is 0 Å². The first-order valence-corrected chi connectivity index (χ1v) is 5.02. The number of anilines is 1. The van der Waals surface area contributed by atoms with Crippen molar-refractivity contribution in [3.63, 3.8) is 0 Å². The molecule has 0 fully saturated rings. The number of hydrogen-bond donors (Lipinski definition) is 2. The van der Waals surface area contributed by atoms with Crippen molar-refractivity contribution in [3.8, 4) is 0 Å². The Kier molecular flexibility index (Phi) is 4.43. The minimum absolute atomic E-state index is 0.0830. The van der Waals surface area contributed by atoms with Gasteiger partial charge in [0.2, 0.25) is 0 Å². The van der Waals surface area contributed by atoms with Crippen LogP contribution in [-0.4, -0.2) is 40.0 Å². The number of nitrogen functional groups attached to an aromatic ring is 1. The summed E-state index contributed by atoms with van der Waals surface area (Å²) >= 11 is 0. The molecule has 0 atom stereocenters. The number of nitrogens with one attached hydrogen (secondary N) is 1. The average Bonchev–Trinajstić information content (AvgIpc) is 2.34. The lowest BCUT2D eigenvalue weighted by atomic mass is 10.3. The maximum absolute atomic E-state index is 12.3. The van der Waals surface area contributed by atoms with Crippen LogP contribution in [0.25, 0.3) is 0 Å². The minimum atomic E-state index is -4.46. The number of hydrogen-bond acceptors (Lipinski definition) is 5. The Bertz CT molecular complexity index is 423. The quantitative estimate of drug-likeness (QED) is 0.619. The van der Waals surface area contributed by atoms with Gasteiger partial charge in [-0.05, 0) is 6.92 Å². The molecule has 0 unspecified atom stereocenters. The van der Waals surface area contributed by atoms with E-state index in [-0.39, 0.29) is 18.1 Å². The van der Waals surface area contributed by atoms with Gasteiger partial charge < -0.3 is 10.3 Å². The van der Waals surface area contributed by atoms with E-state index in [2.05, 4.69) is 15.4 Å². The third-order valence-electron chi connectivity index (χ3n) is 2.04. The molecule has 1 amide bonds. The molecule has 100 valence electrons. The van der Waals surface area contributed by atoms with Crippen LogP contribution in [-0.2, 0) is 0 Å². The van der Waals surface area contributed by atoms with Gasteiger partial charge in [-0.25, -0.2) is 10.8 Å². The number of hydrazine groups is 1. The van der Waals surface area contributed by atoms with Crippen LogP contribution >= 0.6 is 0 Å². The Morgan fingerprint density at radius 3 is 2.67 bits per heavy atom. The average molecular weight is 263 g/mol. The molecule has 1 aromatic heterocycles. The molecular weight excluding hydrogens is 251 g/mol. The van der Waals surface area contributed by atoms with Gasteiger partial charge in [0, 0.05) is 6.54 Å². The molecule has 0 aliphatic heterocycles. The van der Waals surface area contributed by atoms with Gasteiger partial charge in [-0.3, -0.25) is 9.78 Å². The molecule has 0 saturated heterocycles. The lowest BCUT2D eigenvalue weighted by Gasteiger charge is -2.21. The smallest absolute Gasteiger partial charge is 0.328 e. The SMILES string of the molecule is CCN(CC(F)(F)F)C(=O)c1cncc(NN)n1. The van der Waals surface area contributed by atoms with Gasteiger partial charge in [-0.1, -0.05) is 0 Å². The standard InChI is InChI=1S/C9H12F3N5O/c1-2-17(5-9(10,11)12)8(18)6-3-14-4-7(15-6)16-13/h3-4H,2,5,13H2,1H3,(H,15,16). The monoisotopic (exact) mass is 263 g/mol. The molecule has 3 N–H and O–H groups in total. The molecule has 0 aliphatic carbocycles. The zero-order valence-electron chi connectivity index (χ0n) is 9.53. The molecule has 0 aromatic carbocycles. The fourth-order valence-electron chi connectivity index (χ4n) is 1.24. The van der Waals surface area contributed by atoms with Crippen molar-refractivity contribution in [1.82, 2.24) is 14.9 Å². The number of rotatable bonds is 4. The number of nitrogens with two attached hydrogens (primary N) is 1. The summed E-state index contributed by atoms with van der Waals surface area (Å²) in [7, 11) is 0. The molecule has 1 aromatic rings. The van der Waals surface area contributed by atoms with Gasteiger partial charge in [-0.2, -0.15) is 13.2 Å². The van der Waals surface area contributed by atoms with Crippen molar-refractivity contribution in [2.24, 2.45) is 5.84 Å². The highest BCUT2D eigenvalue weighted by Crippen LogP contribution is 2.17. The van der Waals surface area contributed by atoms with Crippen LogP contribution in [0.1, 0.15) is 17.4 Å². The van der Waals surface area contributed by atoms with Crippen LogP contribution in [0.4, 0.5) is 19.0 Å². The van der Waals surface area contributed by atoms with Crippen molar-refractivity contribution in [1.29, 1.82) is 0 Å². The van der Waals surface area contributed by atoms with E-state index in [0.717, 1.165) is 6.20 Å². The summed E-state index contributed by atoms with van der Waals surface area (Å²) in [4.78, 5) is 19.8. The lowest BCUT2D eigenvalue weighted by Crippen LogP contribution is -2.39. The van der Waals surface area contributed by atoms with Crippen molar-refractivity contribution < 1.29 is 18.0 Å². The maximum Gasteiger partial charge on any atom is 0.406 e. The van der Waals surface area contributed by atoms with Crippen LogP contribution in [0.15, 0.2) is 12.4 Å². The number of carbonyl (C=O) groups is 1. The van der Waals surface area contributed by atoms with Crippen molar-refractivity contribution in [2.75, 3.05) is 18.5 Å². The molecular formula is C9H12F3N5O. The summed E-state index contributed by atoms with van der Waals surface area (Å²) in [5.74, 6) is 4.32. The maximum atomic E-state index is 12.3. The van der Waals surface area contributed by atoms with E-state index in [1.165, 1.54) is 13.1 Å². The van der Waals surface area contributed by atoms with Gasteiger partial charge in [0.15, 0.2) is 5.82 Å². The summed E-state index contributed by atoms with van der Waals surface area (Å²) in [6.07, 6.45) is -2.12. The summed E-state index contributed by atoms with van der Waals surface area (Å²) < 4.78 is 36.8. The zero-order valence-corrected chi connectivity index (χ0v) is 9.53. The van der Waals surface area contributed by atoms with Crippen molar-refractivity contribution in [2.45, 2.75) is 13.1 Å². The number of aromatic nitrogens is 2. The Morgan fingerprint density at radius 2 is 2.17 bits per heavy atom. The highest BCUT2D eigenvalue weighted by molar-refractivity contribution is 5.92. The third kappa shape index (κ3) is 3.84. The zero-order chi connectivity index (χ0) is 13.8.